The number of hydrogen-bond donors (Lipinski definition) is 1. The topological polar surface area (TPSA) is 71.1 Å². The average Bonchev–Trinajstić information content (AvgIpc) is 2.94. The SMILES string of the molecule is CC(=O)NC[C@H]1CN(c2ccccc2N2CCOCC2)C(=O)O1. The van der Waals surface area contributed by atoms with Crippen LogP contribution in [0.2, 0.25) is 0 Å². The smallest absolute Gasteiger partial charge is 0.414 e. The average molecular weight is 319 g/mol. The summed E-state index contributed by atoms with van der Waals surface area (Å²) in [5, 5.41) is 2.69. The lowest BCUT2D eigenvalue weighted by molar-refractivity contribution is -0.119. The number of para-hydroxylation sites is 2. The summed E-state index contributed by atoms with van der Waals surface area (Å²) in [6.07, 6.45) is -0.704. The molecule has 0 bridgehead atoms. The van der Waals surface area contributed by atoms with Crippen LogP contribution in [0, 0.1) is 0 Å². The molecule has 7 heteroatoms. The van der Waals surface area contributed by atoms with E-state index in [4.69, 9.17) is 9.47 Å². The van der Waals surface area contributed by atoms with Crippen LogP contribution >= 0.6 is 0 Å². The number of cyclic esters (lactones) is 1. The monoisotopic (exact) mass is 319 g/mol. The van der Waals surface area contributed by atoms with Crippen LogP contribution in [-0.2, 0) is 14.3 Å². The van der Waals surface area contributed by atoms with Gasteiger partial charge in [-0.1, -0.05) is 12.1 Å². The third-order valence-corrected chi connectivity index (χ3v) is 3.98. The van der Waals surface area contributed by atoms with Gasteiger partial charge in [0.05, 0.1) is 37.7 Å². The normalized spacial score (nSPS) is 21.3. The summed E-state index contributed by atoms with van der Waals surface area (Å²) in [6, 6.07) is 7.81. The molecule has 1 N–H and O–H groups in total. The highest BCUT2D eigenvalue weighted by Crippen LogP contribution is 2.32. The Hall–Kier alpha value is -2.28. The Labute approximate surface area is 135 Å². The van der Waals surface area contributed by atoms with Crippen LogP contribution in [-0.4, -0.2) is 57.5 Å². The molecule has 0 aliphatic carbocycles. The molecular weight excluding hydrogens is 298 g/mol. The molecule has 0 aromatic heterocycles. The minimum atomic E-state index is -0.374. The predicted octanol–water partition coefficient (Wildman–Crippen LogP) is 0.984. The summed E-state index contributed by atoms with van der Waals surface area (Å²) in [5.74, 6) is -0.131. The molecule has 0 unspecified atom stereocenters. The zero-order chi connectivity index (χ0) is 16.2. The van der Waals surface area contributed by atoms with Crippen molar-refractivity contribution >= 4 is 23.4 Å². The van der Waals surface area contributed by atoms with Gasteiger partial charge in [-0.2, -0.15) is 0 Å². The van der Waals surface area contributed by atoms with Crippen LogP contribution in [0.15, 0.2) is 24.3 Å². The van der Waals surface area contributed by atoms with Crippen molar-refractivity contribution in [2.75, 3.05) is 49.2 Å². The van der Waals surface area contributed by atoms with Gasteiger partial charge in [-0.15, -0.1) is 0 Å². The molecule has 2 saturated heterocycles. The molecule has 2 aliphatic rings. The van der Waals surface area contributed by atoms with Crippen molar-refractivity contribution in [3.63, 3.8) is 0 Å². The molecular formula is C16H21N3O4. The Morgan fingerprint density at radius 3 is 2.65 bits per heavy atom. The number of nitrogens with zero attached hydrogens (tertiary/aromatic N) is 2. The number of morpholine rings is 1. The molecule has 2 fully saturated rings. The lowest BCUT2D eigenvalue weighted by atomic mass is 10.2. The Kier molecular flexibility index (Phi) is 4.66. The van der Waals surface area contributed by atoms with E-state index in [0.717, 1.165) is 24.5 Å². The third kappa shape index (κ3) is 3.56. The van der Waals surface area contributed by atoms with E-state index in [0.29, 0.717) is 26.3 Å². The Morgan fingerprint density at radius 1 is 1.26 bits per heavy atom. The van der Waals surface area contributed by atoms with E-state index >= 15 is 0 Å². The van der Waals surface area contributed by atoms with Gasteiger partial charge in [0.2, 0.25) is 5.91 Å². The van der Waals surface area contributed by atoms with E-state index in [9.17, 15) is 9.59 Å². The molecule has 0 radical (unpaired) electrons. The molecule has 124 valence electrons. The number of carbonyl (C=O) groups is 2. The lowest BCUT2D eigenvalue weighted by Crippen LogP contribution is -2.38. The fourth-order valence-corrected chi connectivity index (χ4v) is 2.85. The van der Waals surface area contributed by atoms with E-state index in [2.05, 4.69) is 10.2 Å². The fourth-order valence-electron chi connectivity index (χ4n) is 2.85. The zero-order valence-electron chi connectivity index (χ0n) is 13.2. The van der Waals surface area contributed by atoms with Gasteiger partial charge >= 0.3 is 6.09 Å². The molecule has 23 heavy (non-hydrogen) atoms. The van der Waals surface area contributed by atoms with Crippen LogP contribution in [0.3, 0.4) is 0 Å². The van der Waals surface area contributed by atoms with E-state index in [1.165, 1.54) is 6.92 Å². The maximum absolute atomic E-state index is 12.2. The number of carbonyl (C=O) groups excluding carboxylic acids is 2. The number of benzene rings is 1. The molecule has 3 rings (SSSR count). The lowest BCUT2D eigenvalue weighted by Gasteiger charge is -2.31. The van der Waals surface area contributed by atoms with Crippen molar-refractivity contribution in [3.8, 4) is 0 Å². The van der Waals surface area contributed by atoms with Crippen molar-refractivity contribution < 1.29 is 19.1 Å². The molecule has 1 aromatic rings. The first-order valence-electron chi connectivity index (χ1n) is 7.79. The molecule has 0 spiro atoms. The highest BCUT2D eigenvalue weighted by Gasteiger charge is 2.34. The zero-order valence-corrected chi connectivity index (χ0v) is 13.2. The van der Waals surface area contributed by atoms with E-state index in [1.807, 2.05) is 24.3 Å². The first-order chi connectivity index (χ1) is 11.1. The van der Waals surface area contributed by atoms with Crippen molar-refractivity contribution in [1.29, 1.82) is 0 Å². The first kappa shape index (κ1) is 15.6. The second-order valence-corrected chi connectivity index (χ2v) is 5.64. The number of amides is 2. The minimum absolute atomic E-state index is 0.131. The van der Waals surface area contributed by atoms with E-state index in [1.54, 1.807) is 4.90 Å². The largest absolute Gasteiger partial charge is 0.442 e. The van der Waals surface area contributed by atoms with Gasteiger partial charge < -0.3 is 19.7 Å². The quantitative estimate of drug-likeness (QED) is 0.896. The van der Waals surface area contributed by atoms with Gasteiger partial charge in [0.25, 0.3) is 0 Å². The number of hydrogen-bond acceptors (Lipinski definition) is 5. The second kappa shape index (κ2) is 6.87. The van der Waals surface area contributed by atoms with Crippen molar-refractivity contribution in [1.82, 2.24) is 5.32 Å². The van der Waals surface area contributed by atoms with E-state index < -0.39 is 0 Å². The highest BCUT2D eigenvalue weighted by molar-refractivity contribution is 5.94. The predicted molar refractivity (Wildman–Crippen MR) is 85.8 cm³/mol. The first-order valence-corrected chi connectivity index (χ1v) is 7.79. The molecule has 0 saturated carbocycles. The second-order valence-electron chi connectivity index (χ2n) is 5.64. The van der Waals surface area contributed by atoms with Gasteiger partial charge in [-0.3, -0.25) is 9.69 Å². The Balaban J connectivity index is 1.76. The summed E-state index contributed by atoms with van der Waals surface area (Å²) in [7, 11) is 0. The summed E-state index contributed by atoms with van der Waals surface area (Å²) in [6.45, 7) is 5.18. The summed E-state index contributed by atoms with van der Waals surface area (Å²) in [4.78, 5) is 27.1. The number of rotatable bonds is 4. The number of nitrogens with one attached hydrogen (secondary N) is 1. The minimum Gasteiger partial charge on any atom is -0.442 e. The number of ether oxygens (including phenoxy) is 2. The molecule has 1 aromatic carbocycles. The van der Waals surface area contributed by atoms with Gasteiger partial charge in [-0.25, -0.2) is 4.79 Å². The van der Waals surface area contributed by atoms with Crippen LogP contribution in [0.4, 0.5) is 16.2 Å². The maximum atomic E-state index is 12.2. The van der Waals surface area contributed by atoms with Gasteiger partial charge in [0.1, 0.15) is 6.10 Å². The highest BCUT2D eigenvalue weighted by atomic mass is 16.6. The van der Waals surface area contributed by atoms with Crippen molar-refractivity contribution in [2.45, 2.75) is 13.0 Å². The van der Waals surface area contributed by atoms with Crippen molar-refractivity contribution in [3.05, 3.63) is 24.3 Å². The van der Waals surface area contributed by atoms with Crippen LogP contribution in [0.5, 0.6) is 0 Å². The van der Waals surface area contributed by atoms with Crippen LogP contribution in [0.1, 0.15) is 6.92 Å². The summed E-state index contributed by atoms with van der Waals surface area (Å²) >= 11 is 0. The van der Waals surface area contributed by atoms with Crippen molar-refractivity contribution in [2.24, 2.45) is 0 Å². The standard InChI is InChI=1S/C16H21N3O4/c1-12(20)17-10-13-11-19(16(21)23-13)15-5-3-2-4-14(15)18-6-8-22-9-7-18/h2-5,13H,6-11H2,1H3,(H,17,20)/t13-/m0/s1. The molecule has 2 amide bonds. The number of anilines is 2. The molecule has 2 aliphatic heterocycles. The van der Waals surface area contributed by atoms with Gasteiger partial charge in [-0.05, 0) is 12.1 Å². The summed E-state index contributed by atoms with van der Waals surface area (Å²) < 4.78 is 10.7. The van der Waals surface area contributed by atoms with Gasteiger partial charge in [0, 0.05) is 20.0 Å². The fraction of sp³-hybridized carbons (Fsp3) is 0.500. The Bertz CT molecular complexity index is 586. The molecule has 7 nitrogen and oxygen atoms in total. The van der Waals surface area contributed by atoms with Crippen LogP contribution < -0.4 is 15.1 Å². The molecule has 1 atom stereocenters. The Morgan fingerprint density at radius 2 is 1.96 bits per heavy atom. The van der Waals surface area contributed by atoms with Gasteiger partial charge in [0.15, 0.2) is 0 Å². The molecule has 2 heterocycles. The van der Waals surface area contributed by atoms with Crippen LogP contribution in [0.25, 0.3) is 0 Å². The maximum Gasteiger partial charge on any atom is 0.414 e. The summed E-state index contributed by atoms with van der Waals surface area (Å²) in [5.41, 5.74) is 1.85. The third-order valence-electron chi connectivity index (χ3n) is 3.98. The van der Waals surface area contributed by atoms with E-state index in [-0.39, 0.29) is 18.1 Å².